The fourth-order valence-corrected chi connectivity index (χ4v) is 2.00. The van der Waals surface area contributed by atoms with Crippen LogP contribution in [0.2, 0.25) is 0 Å². The van der Waals surface area contributed by atoms with E-state index in [0.29, 0.717) is 0 Å². The molecule has 0 fully saturated rings. The van der Waals surface area contributed by atoms with Crippen molar-refractivity contribution in [3.8, 4) is 0 Å². The molecule has 1 aromatic carbocycles. The van der Waals surface area contributed by atoms with Gasteiger partial charge in [0, 0.05) is 4.47 Å². The Labute approximate surface area is 104 Å². The summed E-state index contributed by atoms with van der Waals surface area (Å²) in [7, 11) is 0. The highest BCUT2D eigenvalue weighted by molar-refractivity contribution is 9.10. The first kappa shape index (κ1) is 13.2. The summed E-state index contributed by atoms with van der Waals surface area (Å²) in [6.45, 7) is 0. The number of aromatic amines is 1. The van der Waals surface area contributed by atoms with Gasteiger partial charge < -0.3 is 4.98 Å². The molecule has 98 valence electrons. The zero-order valence-corrected chi connectivity index (χ0v) is 9.83. The van der Waals surface area contributed by atoms with Crippen LogP contribution in [0, 0.1) is 0 Å². The van der Waals surface area contributed by atoms with Crippen molar-refractivity contribution in [3.05, 3.63) is 28.0 Å². The highest BCUT2D eigenvalue weighted by Gasteiger charge is 2.39. The minimum atomic E-state index is -4.83. The lowest BCUT2D eigenvalue weighted by Crippen LogP contribution is -2.08. The second kappa shape index (κ2) is 3.87. The summed E-state index contributed by atoms with van der Waals surface area (Å²) in [4.78, 5) is 4.80. The summed E-state index contributed by atoms with van der Waals surface area (Å²) in [6, 6.07) is 2.11. The molecule has 0 bridgehead atoms. The van der Waals surface area contributed by atoms with E-state index in [1.54, 1.807) is 0 Å². The number of H-pyrrole nitrogens is 1. The molecule has 0 unspecified atom stereocenters. The van der Waals surface area contributed by atoms with Crippen molar-refractivity contribution in [1.29, 1.82) is 0 Å². The van der Waals surface area contributed by atoms with Crippen LogP contribution in [0.1, 0.15) is 11.4 Å². The van der Waals surface area contributed by atoms with E-state index in [4.69, 9.17) is 0 Å². The van der Waals surface area contributed by atoms with Crippen LogP contribution in [0.15, 0.2) is 16.6 Å². The highest BCUT2D eigenvalue weighted by atomic mass is 79.9. The summed E-state index contributed by atoms with van der Waals surface area (Å²) in [5.74, 6) is -1.46. The Hall–Kier alpha value is -1.25. The molecule has 1 aromatic heterocycles. The van der Waals surface area contributed by atoms with Gasteiger partial charge in [0.1, 0.15) is 5.52 Å². The number of hydrogen-bond donors (Lipinski definition) is 1. The highest BCUT2D eigenvalue weighted by Crippen LogP contribution is 2.40. The van der Waals surface area contributed by atoms with Crippen molar-refractivity contribution in [1.82, 2.24) is 9.97 Å². The summed E-state index contributed by atoms with van der Waals surface area (Å²) < 4.78 is 74.9. The van der Waals surface area contributed by atoms with Crippen molar-refractivity contribution >= 4 is 27.0 Å². The smallest absolute Gasteiger partial charge is 0.334 e. The summed E-state index contributed by atoms with van der Waals surface area (Å²) in [6.07, 6.45) is -9.62. The standard InChI is InChI=1S/C9H3BrF6N2/c10-3-1-2-4-6(5(3)8(11,12)13)18-7(17-4)9(14,15)16/h1-2H,(H,17,18). The molecular weight excluding hydrogens is 330 g/mol. The molecule has 0 aliphatic heterocycles. The third-order valence-electron chi connectivity index (χ3n) is 2.16. The number of imidazole rings is 1. The zero-order valence-electron chi connectivity index (χ0n) is 8.25. The number of hydrogen-bond acceptors (Lipinski definition) is 1. The SMILES string of the molecule is FC(F)(F)c1nc2c(C(F)(F)F)c(Br)ccc2[nH]1. The molecule has 18 heavy (non-hydrogen) atoms. The predicted octanol–water partition coefficient (Wildman–Crippen LogP) is 4.36. The van der Waals surface area contributed by atoms with Gasteiger partial charge in [0.05, 0.1) is 11.1 Å². The summed E-state index contributed by atoms with van der Waals surface area (Å²) in [5.41, 5.74) is -2.31. The Morgan fingerprint density at radius 2 is 1.61 bits per heavy atom. The lowest BCUT2D eigenvalue weighted by Gasteiger charge is -2.09. The molecule has 9 heteroatoms. The van der Waals surface area contributed by atoms with Crippen LogP contribution < -0.4 is 0 Å². The number of benzene rings is 1. The maximum Gasteiger partial charge on any atom is 0.449 e. The van der Waals surface area contributed by atoms with E-state index in [9.17, 15) is 26.3 Å². The number of rotatable bonds is 0. The largest absolute Gasteiger partial charge is 0.449 e. The second-order valence-electron chi connectivity index (χ2n) is 3.40. The first-order chi connectivity index (χ1) is 8.10. The normalized spacial score (nSPS) is 13.3. The third-order valence-corrected chi connectivity index (χ3v) is 2.82. The third kappa shape index (κ3) is 2.18. The molecule has 0 saturated carbocycles. The van der Waals surface area contributed by atoms with Crippen molar-refractivity contribution in [2.45, 2.75) is 12.4 Å². The number of aromatic nitrogens is 2. The molecular formula is C9H3BrF6N2. The van der Waals surface area contributed by atoms with E-state index < -0.39 is 29.3 Å². The molecule has 1 N–H and O–H groups in total. The molecule has 2 nitrogen and oxygen atoms in total. The molecule has 0 aliphatic rings. The Morgan fingerprint density at radius 3 is 2.11 bits per heavy atom. The van der Waals surface area contributed by atoms with Gasteiger partial charge in [-0.15, -0.1) is 0 Å². The van der Waals surface area contributed by atoms with E-state index in [2.05, 4.69) is 20.9 Å². The molecule has 0 saturated heterocycles. The Kier molecular flexibility index (Phi) is 2.84. The van der Waals surface area contributed by atoms with Gasteiger partial charge in [-0.25, -0.2) is 4.98 Å². The average Bonchev–Trinajstić information content (AvgIpc) is 2.57. The Morgan fingerprint density at radius 1 is 1.00 bits per heavy atom. The first-order valence-electron chi connectivity index (χ1n) is 4.43. The molecule has 0 radical (unpaired) electrons. The molecule has 0 amide bonds. The minimum Gasteiger partial charge on any atom is -0.334 e. The number of nitrogens with zero attached hydrogens (tertiary/aromatic N) is 1. The fraction of sp³-hybridized carbons (Fsp3) is 0.222. The number of nitrogens with one attached hydrogen (secondary N) is 1. The molecule has 1 heterocycles. The van der Waals surface area contributed by atoms with Crippen LogP contribution in [0.5, 0.6) is 0 Å². The van der Waals surface area contributed by atoms with Crippen molar-refractivity contribution in [2.24, 2.45) is 0 Å². The van der Waals surface area contributed by atoms with Gasteiger partial charge in [-0.05, 0) is 12.1 Å². The lowest BCUT2D eigenvalue weighted by molar-refractivity contribution is -0.144. The number of halogens is 7. The zero-order chi connectivity index (χ0) is 13.7. The van der Waals surface area contributed by atoms with E-state index in [-0.39, 0.29) is 9.99 Å². The number of fused-ring (bicyclic) bond motifs is 1. The molecule has 0 aliphatic carbocycles. The van der Waals surface area contributed by atoms with E-state index in [1.807, 2.05) is 4.98 Å². The Balaban J connectivity index is 2.78. The summed E-state index contributed by atoms with van der Waals surface area (Å²) in [5, 5.41) is 0. The first-order valence-corrected chi connectivity index (χ1v) is 5.22. The van der Waals surface area contributed by atoms with Gasteiger partial charge >= 0.3 is 12.4 Å². The fourth-order valence-electron chi connectivity index (χ4n) is 1.45. The quantitative estimate of drug-likeness (QED) is 0.713. The van der Waals surface area contributed by atoms with Crippen molar-refractivity contribution in [2.75, 3.05) is 0 Å². The molecule has 2 rings (SSSR count). The van der Waals surface area contributed by atoms with Crippen LogP contribution in [-0.4, -0.2) is 9.97 Å². The predicted molar refractivity (Wildman–Crippen MR) is 53.8 cm³/mol. The van der Waals surface area contributed by atoms with E-state index in [0.717, 1.165) is 12.1 Å². The summed E-state index contributed by atoms with van der Waals surface area (Å²) >= 11 is 2.66. The van der Waals surface area contributed by atoms with Gasteiger partial charge in [-0.3, -0.25) is 0 Å². The van der Waals surface area contributed by atoms with E-state index >= 15 is 0 Å². The second-order valence-corrected chi connectivity index (χ2v) is 4.25. The Bertz CT molecular complexity index is 597. The van der Waals surface area contributed by atoms with Crippen LogP contribution in [0.25, 0.3) is 11.0 Å². The maximum absolute atomic E-state index is 12.7. The van der Waals surface area contributed by atoms with Gasteiger partial charge in [0.25, 0.3) is 0 Å². The van der Waals surface area contributed by atoms with Gasteiger partial charge in [-0.1, -0.05) is 15.9 Å². The average molecular weight is 333 g/mol. The van der Waals surface area contributed by atoms with Crippen LogP contribution >= 0.6 is 15.9 Å². The maximum atomic E-state index is 12.7. The molecule has 0 spiro atoms. The van der Waals surface area contributed by atoms with Gasteiger partial charge in [-0.2, -0.15) is 26.3 Å². The van der Waals surface area contributed by atoms with Crippen LogP contribution in [0.3, 0.4) is 0 Å². The number of alkyl halides is 6. The topological polar surface area (TPSA) is 28.7 Å². The lowest BCUT2D eigenvalue weighted by atomic mass is 10.2. The van der Waals surface area contributed by atoms with Crippen LogP contribution in [-0.2, 0) is 12.4 Å². The van der Waals surface area contributed by atoms with Gasteiger partial charge in [0.2, 0.25) is 5.82 Å². The molecule has 0 atom stereocenters. The minimum absolute atomic E-state index is 0.321. The van der Waals surface area contributed by atoms with Gasteiger partial charge in [0.15, 0.2) is 0 Å². The van der Waals surface area contributed by atoms with Crippen molar-refractivity contribution in [3.63, 3.8) is 0 Å². The van der Waals surface area contributed by atoms with Crippen LogP contribution in [0.4, 0.5) is 26.3 Å². The monoisotopic (exact) mass is 332 g/mol. The van der Waals surface area contributed by atoms with E-state index in [1.165, 1.54) is 0 Å². The molecule has 2 aromatic rings. The van der Waals surface area contributed by atoms with Crippen molar-refractivity contribution < 1.29 is 26.3 Å².